The lowest BCUT2D eigenvalue weighted by atomic mass is 10.00. The van der Waals surface area contributed by atoms with Gasteiger partial charge in [-0.25, -0.2) is 0 Å². The lowest BCUT2D eigenvalue weighted by Gasteiger charge is -2.22. The molecule has 1 fully saturated rings. The summed E-state index contributed by atoms with van der Waals surface area (Å²) in [5.74, 6) is -0.149. The van der Waals surface area contributed by atoms with E-state index in [-0.39, 0.29) is 5.91 Å². The molecular formula is C24H24N4O3. The van der Waals surface area contributed by atoms with Crippen LogP contribution >= 0.6 is 0 Å². The van der Waals surface area contributed by atoms with Crippen molar-refractivity contribution in [3.8, 4) is 11.1 Å². The van der Waals surface area contributed by atoms with Gasteiger partial charge in [0.25, 0.3) is 5.91 Å². The van der Waals surface area contributed by atoms with Crippen molar-refractivity contribution < 1.29 is 14.3 Å². The molecule has 2 N–H and O–H groups in total. The fourth-order valence-corrected chi connectivity index (χ4v) is 4.40. The maximum atomic E-state index is 12.7. The molecule has 0 unspecified atom stereocenters. The van der Waals surface area contributed by atoms with E-state index in [0.29, 0.717) is 17.2 Å². The van der Waals surface area contributed by atoms with Gasteiger partial charge in [-0.15, -0.1) is 0 Å². The third-order valence-electron chi connectivity index (χ3n) is 6.24. The fraction of sp³-hybridized carbons (Fsp3) is 0.292. The van der Waals surface area contributed by atoms with Crippen molar-refractivity contribution in [3.05, 3.63) is 58.7 Å². The van der Waals surface area contributed by atoms with Gasteiger partial charge in [0.15, 0.2) is 6.29 Å². The zero-order valence-electron chi connectivity index (χ0n) is 17.6. The molecule has 2 aliphatic heterocycles. The summed E-state index contributed by atoms with van der Waals surface area (Å²) in [5.41, 5.74) is 7.29. The molecule has 7 heteroatoms. The summed E-state index contributed by atoms with van der Waals surface area (Å²) < 4.78 is 7.48. The van der Waals surface area contributed by atoms with Crippen LogP contribution in [0.4, 0.5) is 5.69 Å². The largest absolute Gasteiger partial charge is 0.381 e. The summed E-state index contributed by atoms with van der Waals surface area (Å²) in [7, 11) is 0. The van der Waals surface area contributed by atoms with Crippen LogP contribution < -0.4 is 5.32 Å². The predicted octanol–water partition coefficient (Wildman–Crippen LogP) is 4.15. The summed E-state index contributed by atoms with van der Waals surface area (Å²) in [6.07, 6.45) is 8.55. The van der Waals surface area contributed by atoms with E-state index in [9.17, 15) is 9.59 Å². The Morgan fingerprint density at radius 2 is 2.00 bits per heavy atom. The lowest BCUT2D eigenvalue weighted by Crippen LogP contribution is -2.19. The van der Waals surface area contributed by atoms with Crippen molar-refractivity contribution in [2.45, 2.75) is 32.7 Å². The molecule has 2 aromatic heterocycles. The highest BCUT2D eigenvalue weighted by atomic mass is 16.5. The number of aromatic nitrogens is 3. The monoisotopic (exact) mass is 416 g/mol. The fourth-order valence-electron chi connectivity index (χ4n) is 4.40. The molecule has 5 rings (SSSR count). The lowest BCUT2D eigenvalue weighted by molar-refractivity contribution is -0.110. The smallest absolute Gasteiger partial charge is 0.256 e. The minimum absolute atomic E-state index is 0.149. The second-order valence-electron chi connectivity index (χ2n) is 8.15. The highest BCUT2D eigenvalue weighted by molar-refractivity contribution is 6.35. The van der Waals surface area contributed by atoms with E-state index in [2.05, 4.69) is 21.6 Å². The van der Waals surface area contributed by atoms with Gasteiger partial charge in [-0.1, -0.05) is 6.07 Å². The van der Waals surface area contributed by atoms with Crippen LogP contribution in [0.3, 0.4) is 0 Å². The number of aldehydes is 1. The number of H-pyrrole nitrogens is 1. The third-order valence-corrected chi connectivity index (χ3v) is 6.24. The summed E-state index contributed by atoms with van der Waals surface area (Å²) >= 11 is 0. The number of hydrogen-bond donors (Lipinski definition) is 2. The van der Waals surface area contributed by atoms with Gasteiger partial charge in [0.2, 0.25) is 0 Å². The molecule has 4 heterocycles. The van der Waals surface area contributed by atoms with E-state index in [1.165, 1.54) is 0 Å². The molecule has 1 saturated heterocycles. The van der Waals surface area contributed by atoms with Crippen molar-refractivity contribution in [2.24, 2.45) is 0 Å². The summed E-state index contributed by atoms with van der Waals surface area (Å²) in [4.78, 5) is 27.2. The summed E-state index contributed by atoms with van der Waals surface area (Å²) in [6.45, 7) is 5.28. The third kappa shape index (κ3) is 3.41. The number of rotatable bonds is 4. The summed E-state index contributed by atoms with van der Waals surface area (Å²) in [6, 6.07) is 6.32. The molecule has 0 bridgehead atoms. The van der Waals surface area contributed by atoms with Crippen LogP contribution in [0.25, 0.3) is 22.8 Å². The topological polar surface area (TPSA) is 89.0 Å². The average Bonchev–Trinajstić information content (AvgIpc) is 3.46. The molecule has 0 spiro atoms. The Hall–Kier alpha value is -3.45. The number of ether oxygens (including phenoxy) is 1. The number of nitrogens with zero attached hydrogens (tertiary/aromatic N) is 2. The van der Waals surface area contributed by atoms with Crippen molar-refractivity contribution in [2.75, 3.05) is 18.5 Å². The van der Waals surface area contributed by atoms with E-state index in [0.717, 1.165) is 71.7 Å². The first-order chi connectivity index (χ1) is 15.0. The number of nitrogens with one attached hydrogen (secondary N) is 2. The molecule has 1 aromatic carbocycles. The Labute approximate surface area is 180 Å². The van der Waals surface area contributed by atoms with Gasteiger partial charge in [0.1, 0.15) is 0 Å². The Bertz CT molecular complexity index is 1210. The van der Waals surface area contributed by atoms with Crippen LogP contribution in [-0.2, 0) is 9.53 Å². The number of anilines is 1. The van der Waals surface area contributed by atoms with Gasteiger partial charge < -0.3 is 15.0 Å². The number of carbonyl (C=O) groups is 2. The molecule has 2 aliphatic rings. The molecule has 3 aromatic rings. The Morgan fingerprint density at radius 1 is 1.19 bits per heavy atom. The molecule has 1 amide bonds. The van der Waals surface area contributed by atoms with Crippen LogP contribution in [-0.4, -0.2) is 40.2 Å². The van der Waals surface area contributed by atoms with Gasteiger partial charge in [-0.05, 0) is 56.0 Å². The van der Waals surface area contributed by atoms with Crippen LogP contribution in [0.2, 0.25) is 0 Å². The van der Waals surface area contributed by atoms with Crippen molar-refractivity contribution in [1.29, 1.82) is 0 Å². The molecule has 7 nitrogen and oxygen atoms in total. The quantitative estimate of drug-likeness (QED) is 0.494. The minimum atomic E-state index is -0.149. The Morgan fingerprint density at radius 3 is 2.74 bits per heavy atom. The second-order valence-corrected chi connectivity index (χ2v) is 8.15. The number of hydrogen-bond acceptors (Lipinski definition) is 4. The molecule has 158 valence electrons. The van der Waals surface area contributed by atoms with E-state index in [4.69, 9.17) is 4.74 Å². The molecule has 0 saturated carbocycles. The van der Waals surface area contributed by atoms with Crippen molar-refractivity contribution >= 4 is 29.5 Å². The zero-order chi connectivity index (χ0) is 21.5. The van der Waals surface area contributed by atoms with Crippen LogP contribution in [0.5, 0.6) is 0 Å². The number of amides is 1. The average molecular weight is 416 g/mol. The first-order valence-electron chi connectivity index (χ1n) is 10.5. The van der Waals surface area contributed by atoms with Gasteiger partial charge in [0, 0.05) is 53.2 Å². The van der Waals surface area contributed by atoms with Gasteiger partial charge in [-0.2, -0.15) is 5.10 Å². The van der Waals surface area contributed by atoms with Crippen molar-refractivity contribution in [1.82, 2.24) is 14.8 Å². The van der Waals surface area contributed by atoms with E-state index in [1.54, 1.807) is 0 Å². The number of fused-ring (bicyclic) bond motifs is 1. The predicted molar refractivity (Wildman–Crippen MR) is 119 cm³/mol. The SMILES string of the molecule is Cc1[nH]c(/C=C2\C(=O)Nc3ccc(-c4cnn(C5CCOCC5)c4)cc32)c(C)c1C=O. The minimum Gasteiger partial charge on any atom is -0.381 e. The highest BCUT2D eigenvalue weighted by Gasteiger charge is 2.26. The van der Waals surface area contributed by atoms with Crippen molar-refractivity contribution in [3.63, 3.8) is 0 Å². The first kappa shape index (κ1) is 19.5. The zero-order valence-corrected chi connectivity index (χ0v) is 17.6. The van der Waals surface area contributed by atoms with Crippen LogP contribution in [0.15, 0.2) is 30.6 Å². The maximum Gasteiger partial charge on any atom is 0.256 e. The molecule has 0 radical (unpaired) electrons. The molecule has 0 atom stereocenters. The molecular weight excluding hydrogens is 392 g/mol. The van der Waals surface area contributed by atoms with Gasteiger partial charge >= 0.3 is 0 Å². The highest BCUT2D eigenvalue weighted by Crippen LogP contribution is 2.37. The van der Waals surface area contributed by atoms with Crippen LogP contribution in [0, 0.1) is 13.8 Å². The Balaban J connectivity index is 1.51. The molecule has 31 heavy (non-hydrogen) atoms. The maximum absolute atomic E-state index is 12.7. The number of carbonyl (C=O) groups excluding carboxylic acids is 2. The second kappa shape index (κ2) is 7.67. The number of aryl methyl sites for hydroxylation is 1. The summed E-state index contributed by atoms with van der Waals surface area (Å²) in [5, 5.41) is 7.50. The normalized spacial score (nSPS) is 17.7. The van der Waals surface area contributed by atoms with Crippen LogP contribution in [0.1, 0.15) is 51.8 Å². The van der Waals surface area contributed by atoms with Gasteiger partial charge in [0.05, 0.1) is 17.8 Å². The van der Waals surface area contributed by atoms with E-state index >= 15 is 0 Å². The van der Waals surface area contributed by atoms with E-state index in [1.807, 2.05) is 49.0 Å². The van der Waals surface area contributed by atoms with Gasteiger partial charge in [-0.3, -0.25) is 14.3 Å². The molecule has 0 aliphatic carbocycles. The first-order valence-corrected chi connectivity index (χ1v) is 10.5. The number of benzene rings is 1. The standard InChI is InChI=1S/C24H24N4O3/c1-14-21(13-29)15(2)26-23(14)10-20-19-9-16(3-4-22(19)27-24(20)30)17-11-25-28(12-17)18-5-7-31-8-6-18/h3-4,9-13,18,26H,5-8H2,1-2H3,(H,27,30)/b20-10-. The number of aromatic amines is 1. The Kier molecular flexibility index (Phi) is 4.82. The van der Waals surface area contributed by atoms with E-state index < -0.39 is 0 Å².